The quantitative estimate of drug-likeness (QED) is 0.226. The van der Waals surface area contributed by atoms with Gasteiger partial charge in [0.15, 0.2) is 17.3 Å². The number of alkyl halides is 2. The van der Waals surface area contributed by atoms with Crippen LogP contribution in [-0.4, -0.2) is 101 Å². The molecule has 4 heterocycles. The highest BCUT2D eigenvalue weighted by atomic mass is 32.2. The largest absolute Gasteiger partial charge is 0.491 e. The van der Waals surface area contributed by atoms with Crippen molar-refractivity contribution >= 4 is 44.4 Å². The molecule has 0 radical (unpaired) electrons. The third-order valence-electron chi connectivity index (χ3n) is 12.0. The van der Waals surface area contributed by atoms with E-state index in [4.69, 9.17) is 14.2 Å². The molecular weight excluding hydrogens is 822 g/mol. The van der Waals surface area contributed by atoms with Gasteiger partial charge in [0.2, 0.25) is 27.7 Å². The molecule has 1 aromatic carbocycles. The summed E-state index contributed by atoms with van der Waals surface area (Å²) in [6.45, 7) is 4.26. The first kappa shape index (κ1) is 43.9. The van der Waals surface area contributed by atoms with Crippen molar-refractivity contribution in [2.45, 2.75) is 127 Å². The van der Waals surface area contributed by atoms with Crippen LogP contribution in [0.5, 0.6) is 17.4 Å². The molecule has 3 fully saturated rings. The maximum Gasteiger partial charge on any atom is 0.272 e. The van der Waals surface area contributed by atoms with Gasteiger partial charge in [-0.05, 0) is 83.4 Å². The summed E-state index contributed by atoms with van der Waals surface area (Å²) in [4.78, 5) is 62.8. The number of ether oxygens (including phenoxy) is 3. The second kappa shape index (κ2) is 17.3. The van der Waals surface area contributed by atoms with Gasteiger partial charge < -0.3 is 24.4 Å². The van der Waals surface area contributed by atoms with Crippen LogP contribution in [-0.2, 0) is 31.0 Å². The van der Waals surface area contributed by atoms with Crippen molar-refractivity contribution in [1.82, 2.24) is 29.7 Å². The van der Waals surface area contributed by atoms with E-state index in [1.54, 1.807) is 20.8 Å². The third kappa shape index (κ3) is 9.35. The Morgan fingerprint density at radius 2 is 1.87 bits per heavy atom. The minimum atomic E-state index is -4.03. The van der Waals surface area contributed by atoms with Crippen LogP contribution in [0.3, 0.4) is 0 Å². The summed E-state index contributed by atoms with van der Waals surface area (Å²) in [5.41, 5.74) is -1.44. The van der Waals surface area contributed by atoms with E-state index in [-0.39, 0.29) is 66.9 Å². The van der Waals surface area contributed by atoms with Crippen LogP contribution in [0.2, 0.25) is 0 Å². The van der Waals surface area contributed by atoms with Gasteiger partial charge in [0.25, 0.3) is 12.3 Å². The molecule has 3 amide bonds. The van der Waals surface area contributed by atoms with E-state index in [0.29, 0.717) is 43.9 Å². The number of amides is 3. The molecule has 19 heteroatoms. The first-order chi connectivity index (χ1) is 28.9. The van der Waals surface area contributed by atoms with Gasteiger partial charge in [0, 0.05) is 30.5 Å². The zero-order valence-corrected chi connectivity index (χ0v) is 35.3. The number of nitrogens with one attached hydrogen (secondary N) is 2. The molecule has 330 valence electrons. The first-order valence-electron chi connectivity index (χ1n) is 20.6. The number of hydrogen-bond acceptors (Lipinski definition) is 11. The fourth-order valence-corrected chi connectivity index (χ4v) is 9.54. The highest BCUT2D eigenvalue weighted by Crippen LogP contribution is 2.57. The number of carbonyl (C=O) groups is 4. The van der Waals surface area contributed by atoms with Gasteiger partial charge in [-0.15, -0.1) is 0 Å². The van der Waals surface area contributed by atoms with Crippen molar-refractivity contribution in [2.24, 2.45) is 11.3 Å². The highest BCUT2D eigenvalue weighted by Gasteiger charge is 2.62. The number of fused-ring (bicyclic) bond motifs is 3. The Labute approximate surface area is 351 Å². The lowest BCUT2D eigenvalue weighted by atomic mass is 9.91. The molecule has 15 nitrogen and oxygen atoms in total. The van der Waals surface area contributed by atoms with Crippen LogP contribution in [0.1, 0.15) is 95.5 Å². The summed E-state index contributed by atoms with van der Waals surface area (Å²) in [6, 6.07) is 3.11. The third-order valence-corrected chi connectivity index (χ3v) is 14.2. The standard InChI is InChI=1S/C42H51F3N6O9S/c1-24(2)59-35-19-33(27-12-13-28(43)37(58-4)36(27)47-35)60-26-18-31-32(52)21-42(40(55)49-61(56,57)41(3)15-16-41)20-25(42)10-8-6-5-7-9-11-30(39(54)51(31)22-26)46-38(53)29-14-17-50(48-29)23-34(44)45/h8,10,12-14,17,19,24-26,30-31,34H,5-7,9,11,15-16,18,20-23H2,1-4H3,(H,46,53)(H,49,55)/b10-8-/t25-,26-,30+,31+,42-/m1/s1. The lowest BCUT2D eigenvalue weighted by molar-refractivity contribution is -0.140. The van der Waals surface area contributed by atoms with Gasteiger partial charge >= 0.3 is 0 Å². The Morgan fingerprint density at radius 1 is 1.10 bits per heavy atom. The number of Topliss-reactive ketones (excluding diaryl/α,β-unsaturated/α-hetero) is 1. The fraction of sp³-hybridized carbons (Fsp3) is 0.571. The van der Waals surface area contributed by atoms with Crippen LogP contribution in [0.25, 0.3) is 10.9 Å². The average Bonchev–Trinajstić information content (AvgIpc) is 3.98. The molecule has 2 aliphatic heterocycles. The number of rotatable bonds is 12. The number of benzene rings is 1. The minimum Gasteiger partial charge on any atom is -0.491 e. The molecule has 0 bridgehead atoms. The minimum absolute atomic E-state index is 0.0552. The summed E-state index contributed by atoms with van der Waals surface area (Å²) in [5, 5.41) is 7.04. The Bertz CT molecular complexity index is 2330. The van der Waals surface area contributed by atoms with Crippen LogP contribution in [0, 0.1) is 17.2 Å². The monoisotopic (exact) mass is 872 g/mol. The second-order valence-corrected chi connectivity index (χ2v) is 19.2. The predicted octanol–water partition coefficient (Wildman–Crippen LogP) is 5.26. The van der Waals surface area contributed by atoms with Gasteiger partial charge in [0.1, 0.15) is 35.7 Å². The van der Waals surface area contributed by atoms with E-state index < -0.39 is 86.6 Å². The maximum absolute atomic E-state index is 14.9. The van der Waals surface area contributed by atoms with Crippen molar-refractivity contribution in [2.75, 3.05) is 13.7 Å². The Kier molecular flexibility index (Phi) is 12.4. The number of methoxy groups -OCH3 is 1. The lowest BCUT2D eigenvalue weighted by Crippen LogP contribution is -2.52. The number of hydrogen-bond donors (Lipinski definition) is 2. The molecule has 5 atom stereocenters. The molecule has 2 aromatic heterocycles. The number of ketones is 1. The molecule has 3 aromatic rings. The van der Waals surface area contributed by atoms with Gasteiger partial charge in [-0.25, -0.2) is 26.6 Å². The van der Waals surface area contributed by atoms with Crippen LogP contribution in [0.4, 0.5) is 13.2 Å². The molecular formula is C42H51F3N6O9S. The fourth-order valence-electron chi connectivity index (χ4n) is 8.21. The van der Waals surface area contributed by atoms with E-state index in [1.165, 1.54) is 42.5 Å². The Morgan fingerprint density at radius 3 is 2.57 bits per heavy atom. The molecule has 4 aliphatic rings. The molecule has 0 spiro atoms. The predicted molar refractivity (Wildman–Crippen MR) is 215 cm³/mol. The molecule has 2 aliphatic carbocycles. The first-order valence-corrected chi connectivity index (χ1v) is 22.1. The van der Waals surface area contributed by atoms with Gasteiger partial charge in [-0.3, -0.25) is 28.6 Å². The molecule has 0 unspecified atom stereocenters. The zero-order chi connectivity index (χ0) is 43.9. The van der Waals surface area contributed by atoms with Gasteiger partial charge in [0.05, 0.1) is 36.0 Å². The Balaban J connectivity index is 1.23. The summed E-state index contributed by atoms with van der Waals surface area (Å²) >= 11 is 0. The summed E-state index contributed by atoms with van der Waals surface area (Å²) in [6.07, 6.45) is 4.41. The number of allylic oxidation sites excluding steroid dienone is 2. The molecule has 61 heavy (non-hydrogen) atoms. The summed E-state index contributed by atoms with van der Waals surface area (Å²) in [7, 11) is -2.73. The highest BCUT2D eigenvalue weighted by molar-refractivity contribution is 7.91. The van der Waals surface area contributed by atoms with Gasteiger partial charge in [-0.1, -0.05) is 25.0 Å². The van der Waals surface area contributed by atoms with Crippen LogP contribution in [0.15, 0.2) is 42.6 Å². The number of halogens is 3. The van der Waals surface area contributed by atoms with E-state index in [0.717, 1.165) is 4.68 Å². The van der Waals surface area contributed by atoms with Crippen molar-refractivity contribution in [3.05, 3.63) is 54.1 Å². The molecule has 2 N–H and O–H groups in total. The van der Waals surface area contributed by atoms with Crippen molar-refractivity contribution in [3.8, 4) is 17.4 Å². The van der Waals surface area contributed by atoms with Crippen molar-refractivity contribution < 1.29 is 55.0 Å². The SMILES string of the molecule is COc1c(F)ccc2c(O[C@@H]3C[C@H]4C(=O)C[C@]5(C(=O)NS(=O)(=O)C6(C)CC6)C[C@H]5/C=C\CCCCC[C@H](NC(=O)c5ccn(CC(F)F)n5)C(=O)N4C3)cc(OC(C)C)nc12. The smallest absolute Gasteiger partial charge is 0.272 e. The Hall–Kier alpha value is -5.20. The van der Waals surface area contributed by atoms with Crippen molar-refractivity contribution in [3.63, 3.8) is 0 Å². The normalized spacial score (nSPS) is 25.9. The number of nitrogens with zero attached hydrogens (tertiary/aromatic N) is 4. The van der Waals surface area contributed by atoms with E-state index in [1.807, 2.05) is 12.2 Å². The van der Waals surface area contributed by atoms with E-state index >= 15 is 0 Å². The number of aromatic nitrogens is 3. The molecule has 7 rings (SSSR count). The van der Waals surface area contributed by atoms with Gasteiger partial charge in [-0.2, -0.15) is 5.10 Å². The number of carbonyl (C=O) groups excluding carboxylic acids is 4. The lowest BCUT2D eigenvalue weighted by Gasteiger charge is -2.29. The maximum atomic E-state index is 14.9. The average molecular weight is 873 g/mol. The van der Waals surface area contributed by atoms with Crippen LogP contribution < -0.4 is 24.2 Å². The molecule has 2 saturated carbocycles. The summed E-state index contributed by atoms with van der Waals surface area (Å²) in [5.74, 6) is -3.57. The van der Waals surface area contributed by atoms with E-state index in [9.17, 15) is 40.8 Å². The van der Waals surface area contributed by atoms with Crippen molar-refractivity contribution in [1.29, 1.82) is 0 Å². The summed E-state index contributed by atoms with van der Waals surface area (Å²) < 4.78 is 87.4. The molecule has 1 saturated heterocycles. The zero-order valence-electron chi connectivity index (χ0n) is 34.5. The number of pyridine rings is 1. The second-order valence-electron chi connectivity index (χ2n) is 17.0. The number of sulfonamides is 1. The topological polar surface area (TPSA) is 188 Å². The van der Waals surface area contributed by atoms with E-state index in [2.05, 4.69) is 20.1 Å². The van der Waals surface area contributed by atoms with Crippen LogP contribution >= 0.6 is 0 Å².